The Labute approximate surface area is 197 Å². The van der Waals surface area contributed by atoms with E-state index in [4.69, 9.17) is 9.94 Å². The van der Waals surface area contributed by atoms with Crippen LogP contribution in [0.15, 0.2) is 63.6 Å². The smallest absolute Gasteiger partial charge is 0.412 e. The van der Waals surface area contributed by atoms with E-state index in [9.17, 15) is 14.7 Å². The number of phenols is 1. The summed E-state index contributed by atoms with van der Waals surface area (Å²) in [5.74, 6) is -0.614. The minimum Gasteiger partial charge on any atom is -0.508 e. The van der Waals surface area contributed by atoms with Gasteiger partial charge in [0.1, 0.15) is 11.9 Å². The molecular formula is C22H24Br2N2O5. The summed E-state index contributed by atoms with van der Waals surface area (Å²) in [6, 6.07) is 12.0. The third-order valence-electron chi connectivity index (χ3n) is 4.63. The summed E-state index contributed by atoms with van der Waals surface area (Å²) in [6.45, 7) is 3.82. The fourth-order valence-corrected chi connectivity index (χ4v) is 3.62. The third-order valence-corrected chi connectivity index (χ3v) is 5.65. The maximum Gasteiger partial charge on any atom is 0.412 e. The predicted molar refractivity (Wildman–Crippen MR) is 125 cm³/mol. The van der Waals surface area contributed by atoms with Gasteiger partial charge in [0.15, 0.2) is 0 Å². The molecular weight excluding hydrogens is 532 g/mol. The van der Waals surface area contributed by atoms with Crippen molar-refractivity contribution in [3.63, 3.8) is 0 Å². The summed E-state index contributed by atoms with van der Waals surface area (Å²) >= 11 is 6.74. The van der Waals surface area contributed by atoms with Gasteiger partial charge >= 0.3 is 6.09 Å². The molecule has 31 heavy (non-hydrogen) atoms. The van der Waals surface area contributed by atoms with Crippen molar-refractivity contribution in [1.29, 1.82) is 0 Å². The van der Waals surface area contributed by atoms with Crippen molar-refractivity contribution in [2.75, 3.05) is 5.32 Å². The summed E-state index contributed by atoms with van der Waals surface area (Å²) in [6.07, 6.45) is 2.43. The number of phenolic OH excluding ortho intramolecular Hbond substituents is 1. The molecule has 4 N–H and O–H groups in total. The maximum atomic E-state index is 12.6. The first-order valence-electron chi connectivity index (χ1n) is 9.44. The van der Waals surface area contributed by atoms with Crippen LogP contribution in [0.4, 0.5) is 10.5 Å². The first-order valence-corrected chi connectivity index (χ1v) is 11.0. The number of carbonyl (C=O) groups is 2. The quantitative estimate of drug-likeness (QED) is 0.179. The van der Waals surface area contributed by atoms with Crippen LogP contribution in [0.2, 0.25) is 0 Å². The van der Waals surface area contributed by atoms with E-state index in [1.165, 1.54) is 17.6 Å². The van der Waals surface area contributed by atoms with Crippen molar-refractivity contribution >= 4 is 49.5 Å². The molecule has 0 radical (unpaired) electrons. The van der Waals surface area contributed by atoms with Crippen molar-refractivity contribution < 1.29 is 24.6 Å². The highest BCUT2D eigenvalue weighted by atomic mass is 79.9. The molecule has 0 saturated carbocycles. The van der Waals surface area contributed by atoms with Crippen LogP contribution in [0, 0.1) is 5.41 Å². The summed E-state index contributed by atoms with van der Waals surface area (Å²) in [7, 11) is 0. The Morgan fingerprint density at radius 2 is 1.77 bits per heavy atom. The van der Waals surface area contributed by atoms with Crippen molar-refractivity contribution in [3.05, 3.63) is 69.1 Å². The van der Waals surface area contributed by atoms with Gasteiger partial charge in [0, 0.05) is 31.7 Å². The van der Waals surface area contributed by atoms with Gasteiger partial charge in [0.05, 0.1) is 0 Å². The highest BCUT2D eigenvalue weighted by Gasteiger charge is 2.35. The predicted octanol–water partition coefficient (Wildman–Crippen LogP) is 6.08. The number of aromatic hydroxyl groups is 1. The largest absolute Gasteiger partial charge is 0.508 e. The summed E-state index contributed by atoms with van der Waals surface area (Å²) in [4.78, 5) is 23.8. The number of allylic oxidation sites excluding steroid dienone is 1. The molecule has 7 nitrogen and oxygen atoms in total. The Morgan fingerprint density at radius 3 is 2.42 bits per heavy atom. The van der Waals surface area contributed by atoms with E-state index >= 15 is 0 Å². The van der Waals surface area contributed by atoms with Gasteiger partial charge in [-0.2, -0.15) is 0 Å². The summed E-state index contributed by atoms with van der Waals surface area (Å²) < 4.78 is 7.40. The molecule has 2 aromatic rings. The Balaban J connectivity index is 2.24. The third kappa shape index (κ3) is 7.68. The number of benzene rings is 2. The average molecular weight is 556 g/mol. The molecule has 1 atom stereocenters. The van der Waals surface area contributed by atoms with Gasteiger partial charge in [-0.25, -0.2) is 10.3 Å². The van der Waals surface area contributed by atoms with Crippen LogP contribution >= 0.6 is 31.9 Å². The standard InChI is InChI=1S/C22H24Br2N2O5/c1-22(2,12-4-3-5-19(28)26-30)20(17-13-15(24)8-11-18(17)27)31-21(29)25-16-9-6-14(23)7-10-16/h3,5-11,13,20,27,30H,4,12H2,1-2H3,(H,25,29)(H,26,28)/b5-3+/t20-/m0/s1. The lowest BCUT2D eigenvalue weighted by molar-refractivity contribution is -0.124. The molecule has 0 unspecified atom stereocenters. The zero-order valence-corrected chi connectivity index (χ0v) is 20.2. The maximum absolute atomic E-state index is 12.6. The van der Waals surface area contributed by atoms with Crippen LogP contribution in [0.25, 0.3) is 0 Å². The second kappa shape index (κ2) is 11.3. The molecule has 0 aliphatic carbocycles. The van der Waals surface area contributed by atoms with Crippen LogP contribution in [0.3, 0.4) is 0 Å². The van der Waals surface area contributed by atoms with Crippen molar-refractivity contribution in [3.8, 4) is 5.75 Å². The lowest BCUT2D eigenvalue weighted by atomic mass is 9.78. The second-order valence-corrected chi connectivity index (χ2v) is 9.36. The van der Waals surface area contributed by atoms with Gasteiger partial charge in [0.2, 0.25) is 0 Å². The zero-order valence-electron chi connectivity index (χ0n) is 17.1. The lowest BCUT2D eigenvalue weighted by Crippen LogP contribution is -2.29. The van der Waals surface area contributed by atoms with Gasteiger partial charge in [-0.1, -0.05) is 51.8 Å². The second-order valence-electron chi connectivity index (χ2n) is 7.53. The molecule has 2 rings (SSSR count). The molecule has 2 aromatic carbocycles. The molecule has 0 aliphatic heterocycles. The molecule has 0 aromatic heterocycles. The molecule has 0 saturated heterocycles. The number of rotatable bonds is 8. The SMILES string of the molecule is CC(C)(CC/C=C/C(=O)NO)[C@@H](OC(=O)Nc1ccc(Br)cc1)c1cc(Br)ccc1O. The van der Waals surface area contributed by atoms with Gasteiger partial charge < -0.3 is 9.84 Å². The van der Waals surface area contributed by atoms with Crippen molar-refractivity contribution in [2.24, 2.45) is 5.41 Å². The lowest BCUT2D eigenvalue weighted by Gasteiger charge is -2.34. The number of halogens is 2. The highest BCUT2D eigenvalue weighted by molar-refractivity contribution is 9.10. The van der Waals surface area contributed by atoms with Gasteiger partial charge in [-0.05, 0) is 55.3 Å². The van der Waals surface area contributed by atoms with E-state index in [0.29, 0.717) is 24.1 Å². The molecule has 0 fully saturated rings. The van der Waals surface area contributed by atoms with Gasteiger partial charge in [-0.15, -0.1) is 0 Å². The molecule has 0 bridgehead atoms. The topological polar surface area (TPSA) is 108 Å². The normalized spacial score (nSPS) is 12.4. The van der Waals surface area contributed by atoms with E-state index in [1.807, 2.05) is 13.8 Å². The van der Waals surface area contributed by atoms with E-state index in [2.05, 4.69) is 37.2 Å². The minimum atomic E-state index is -0.777. The summed E-state index contributed by atoms with van der Waals surface area (Å²) in [5.41, 5.74) is 1.96. The molecule has 9 heteroatoms. The average Bonchev–Trinajstić information content (AvgIpc) is 2.72. The monoisotopic (exact) mass is 554 g/mol. The van der Waals surface area contributed by atoms with Gasteiger partial charge in [-0.3, -0.25) is 15.3 Å². The Morgan fingerprint density at radius 1 is 1.13 bits per heavy atom. The molecule has 0 heterocycles. The van der Waals surface area contributed by atoms with E-state index in [1.54, 1.807) is 42.5 Å². The number of hydrogen-bond acceptors (Lipinski definition) is 5. The molecule has 0 spiro atoms. The van der Waals surface area contributed by atoms with Crippen molar-refractivity contribution in [1.82, 2.24) is 5.48 Å². The van der Waals surface area contributed by atoms with Gasteiger partial charge in [0.25, 0.3) is 5.91 Å². The zero-order chi connectivity index (χ0) is 23.0. The first-order chi connectivity index (χ1) is 14.6. The fourth-order valence-electron chi connectivity index (χ4n) is 2.98. The molecule has 166 valence electrons. The highest BCUT2D eigenvalue weighted by Crippen LogP contribution is 2.44. The Bertz CT molecular complexity index is 945. The van der Waals surface area contributed by atoms with Crippen LogP contribution in [-0.2, 0) is 9.53 Å². The Kier molecular flexibility index (Phi) is 9.09. The summed E-state index contributed by atoms with van der Waals surface area (Å²) in [5, 5.41) is 21.7. The van der Waals surface area contributed by atoms with Crippen LogP contribution in [-0.4, -0.2) is 22.3 Å². The number of anilines is 1. The Hall–Kier alpha value is -2.36. The molecule has 2 amide bonds. The van der Waals surface area contributed by atoms with E-state index in [0.717, 1.165) is 8.95 Å². The number of ether oxygens (including phenoxy) is 1. The minimum absolute atomic E-state index is 0.00733. The number of amides is 2. The number of hydroxylamine groups is 1. The van der Waals surface area contributed by atoms with Crippen LogP contribution < -0.4 is 10.8 Å². The van der Waals surface area contributed by atoms with Crippen LogP contribution in [0.5, 0.6) is 5.75 Å². The molecule has 0 aliphatic rings. The fraction of sp³-hybridized carbons (Fsp3) is 0.273. The van der Waals surface area contributed by atoms with Crippen molar-refractivity contribution in [2.45, 2.75) is 32.8 Å². The number of nitrogens with one attached hydrogen (secondary N) is 2. The first kappa shape index (κ1) is 24.9. The number of carbonyl (C=O) groups excluding carboxylic acids is 2. The van der Waals surface area contributed by atoms with E-state index in [-0.39, 0.29) is 5.75 Å². The van der Waals surface area contributed by atoms with E-state index < -0.39 is 23.5 Å². The number of hydrogen-bond donors (Lipinski definition) is 4. The van der Waals surface area contributed by atoms with Crippen LogP contribution in [0.1, 0.15) is 38.4 Å².